The van der Waals surface area contributed by atoms with Gasteiger partial charge in [0.15, 0.2) is 10.7 Å². The number of nitrogens with one attached hydrogen (secondary N) is 1. The van der Waals surface area contributed by atoms with E-state index in [1.807, 2.05) is 11.8 Å². The van der Waals surface area contributed by atoms with Gasteiger partial charge in [0.25, 0.3) is 10.0 Å². The molecule has 30 heavy (non-hydrogen) atoms. The molecule has 6 nitrogen and oxygen atoms in total. The zero-order valence-corrected chi connectivity index (χ0v) is 17.7. The van der Waals surface area contributed by atoms with Gasteiger partial charge in [-0.05, 0) is 45.0 Å². The molecule has 2 aliphatic heterocycles. The summed E-state index contributed by atoms with van der Waals surface area (Å²) in [5.41, 5.74) is 0.0534. The minimum atomic E-state index is -4.73. The van der Waals surface area contributed by atoms with E-state index in [0.29, 0.717) is 13.1 Å². The molecule has 0 amide bonds. The maximum Gasteiger partial charge on any atom is 0.268 e. The van der Waals surface area contributed by atoms with Crippen LogP contribution in [0.15, 0.2) is 29.2 Å². The number of likely N-dealkylation sites (N-methyl/N-ethyl adjacent to an activating group) is 1. The molecule has 0 unspecified atom stereocenters. The molecule has 1 atom stereocenters. The highest BCUT2D eigenvalue weighted by molar-refractivity contribution is 7.92. The lowest BCUT2D eigenvalue weighted by Crippen LogP contribution is -2.43. The first-order valence-electron chi connectivity index (χ1n) is 9.42. The van der Waals surface area contributed by atoms with E-state index in [4.69, 9.17) is 11.6 Å². The quantitative estimate of drug-likeness (QED) is 0.557. The number of sulfonamides is 1. The third kappa shape index (κ3) is 3.61. The summed E-state index contributed by atoms with van der Waals surface area (Å²) in [6, 6.07) is 4.32. The molecule has 1 N–H and O–H groups in total. The average molecular weight is 461 g/mol. The van der Waals surface area contributed by atoms with Crippen molar-refractivity contribution in [2.45, 2.75) is 29.7 Å². The first kappa shape index (κ1) is 21.2. The van der Waals surface area contributed by atoms with Gasteiger partial charge in [0, 0.05) is 24.7 Å². The van der Waals surface area contributed by atoms with Gasteiger partial charge in [-0.15, -0.1) is 0 Å². The summed E-state index contributed by atoms with van der Waals surface area (Å²) in [6.07, 6.45) is 2.87. The number of likely N-dealkylation sites (tertiary alicyclic amines) is 1. The maximum atomic E-state index is 15.0. The third-order valence-electron chi connectivity index (χ3n) is 5.94. The van der Waals surface area contributed by atoms with Gasteiger partial charge in [-0.3, -0.25) is 9.62 Å². The number of hydrogen-bond acceptors (Lipinski definition) is 5. The van der Waals surface area contributed by atoms with Crippen LogP contribution in [0.1, 0.15) is 19.3 Å². The lowest BCUT2D eigenvalue weighted by atomic mass is 9.96. The highest BCUT2D eigenvalue weighted by Gasteiger charge is 2.45. The fourth-order valence-electron chi connectivity index (χ4n) is 4.35. The van der Waals surface area contributed by atoms with Gasteiger partial charge in [-0.25, -0.2) is 22.2 Å². The Morgan fingerprint density at radius 3 is 2.63 bits per heavy atom. The molecule has 2 aromatic rings. The summed E-state index contributed by atoms with van der Waals surface area (Å²) in [7, 11) is -2.70. The molecular formula is C19H20ClF3N4O2S. The topological polar surface area (TPSA) is 65.5 Å². The predicted octanol–water partition coefficient (Wildman–Crippen LogP) is 3.63. The zero-order chi connectivity index (χ0) is 21.7. The fourth-order valence-corrected chi connectivity index (χ4v) is 5.82. The van der Waals surface area contributed by atoms with Crippen LogP contribution in [0.3, 0.4) is 0 Å². The normalized spacial score (nSPS) is 22.2. The number of halogens is 4. The smallest absolute Gasteiger partial charge is 0.268 e. The number of aromatic nitrogens is 1. The molecule has 162 valence electrons. The lowest BCUT2D eigenvalue weighted by molar-refractivity contribution is 0.198. The highest BCUT2D eigenvalue weighted by atomic mass is 35.5. The van der Waals surface area contributed by atoms with Gasteiger partial charge in [-0.1, -0.05) is 17.7 Å². The SMILES string of the molecule is CN1CCC[C@]12CCN(c1cc(F)c(S(=O)(=O)Nc3cccc(F)n3)c(F)c1Cl)C2. The standard InChI is InChI=1S/C19H20ClF3N4O2S/c1-26-8-3-6-19(26)7-9-27(11-19)13-10-12(21)18(17(23)16(13)20)30(28,29)25-15-5-2-4-14(22)24-15/h2,4-5,10H,3,6-9,11H2,1H3,(H,24,25)/t19-/m1/s1. The molecule has 2 fully saturated rings. The molecule has 0 bridgehead atoms. The molecule has 1 aromatic carbocycles. The van der Waals surface area contributed by atoms with E-state index in [2.05, 4.69) is 9.88 Å². The van der Waals surface area contributed by atoms with Gasteiger partial charge in [0.2, 0.25) is 5.95 Å². The molecule has 2 saturated heterocycles. The first-order chi connectivity index (χ1) is 14.1. The van der Waals surface area contributed by atoms with Crippen molar-refractivity contribution in [1.82, 2.24) is 9.88 Å². The van der Waals surface area contributed by atoms with Gasteiger partial charge in [0.05, 0.1) is 5.69 Å². The number of hydrogen-bond donors (Lipinski definition) is 1. The Bertz CT molecular complexity index is 1100. The third-order valence-corrected chi connectivity index (χ3v) is 7.69. The van der Waals surface area contributed by atoms with Crippen molar-refractivity contribution in [2.24, 2.45) is 0 Å². The summed E-state index contributed by atoms with van der Waals surface area (Å²) in [5.74, 6) is -4.02. The Morgan fingerprint density at radius 2 is 1.97 bits per heavy atom. The van der Waals surface area contributed by atoms with Gasteiger partial charge in [-0.2, -0.15) is 4.39 Å². The van der Waals surface area contributed by atoms with Crippen LogP contribution in [0.5, 0.6) is 0 Å². The van der Waals surface area contributed by atoms with E-state index in [1.54, 1.807) is 4.90 Å². The number of nitrogens with zero attached hydrogens (tertiary/aromatic N) is 3. The molecule has 1 aromatic heterocycles. The molecule has 2 aliphatic rings. The second kappa shape index (κ2) is 7.58. The maximum absolute atomic E-state index is 15.0. The molecule has 0 saturated carbocycles. The second-order valence-electron chi connectivity index (χ2n) is 7.71. The van der Waals surface area contributed by atoms with Crippen LogP contribution in [0.2, 0.25) is 5.02 Å². The van der Waals surface area contributed by atoms with Crippen LogP contribution >= 0.6 is 11.6 Å². The fraction of sp³-hybridized carbons (Fsp3) is 0.421. The van der Waals surface area contributed by atoms with Crippen LogP contribution in [0.4, 0.5) is 24.7 Å². The van der Waals surface area contributed by atoms with Crippen molar-refractivity contribution in [3.8, 4) is 0 Å². The Morgan fingerprint density at radius 1 is 1.20 bits per heavy atom. The predicted molar refractivity (Wildman–Crippen MR) is 108 cm³/mol. The number of pyridine rings is 1. The summed E-state index contributed by atoms with van der Waals surface area (Å²) >= 11 is 6.15. The van der Waals surface area contributed by atoms with E-state index < -0.39 is 43.3 Å². The Kier molecular flexibility index (Phi) is 5.36. The summed E-state index contributed by atoms with van der Waals surface area (Å²) < 4.78 is 70.0. The largest absolute Gasteiger partial charge is 0.368 e. The Labute approximate surface area is 177 Å². The average Bonchev–Trinajstić information content (AvgIpc) is 3.25. The molecule has 3 heterocycles. The molecule has 1 spiro atoms. The van der Waals surface area contributed by atoms with Crippen molar-refractivity contribution < 1.29 is 21.6 Å². The minimum Gasteiger partial charge on any atom is -0.368 e. The van der Waals surface area contributed by atoms with Crippen LogP contribution < -0.4 is 9.62 Å². The van der Waals surface area contributed by atoms with Crippen molar-refractivity contribution in [3.63, 3.8) is 0 Å². The van der Waals surface area contributed by atoms with Crippen molar-refractivity contribution in [1.29, 1.82) is 0 Å². The van der Waals surface area contributed by atoms with Gasteiger partial charge >= 0.3 is 0 Å². The highest BCUT2D eigenvalue weighted by Crippen LogP contribution is 2.42. The van der Waals surface area contributed by atoms with Crippen molar-refractivity contribution in [3.05, 3.63) is 46.9 Å². The monoisotopic (exact) mass is 460 g/mol. The van der Waals surface area contributed by atoms with E-state index in [0.717, 1.165) is 44.0 Å². The van der Waals surface area contributed by atoms with Crippen LogP contribution in [-0.4, -0.2) is 50.5 Å². The van der Waals surface area contributed by atoms with E-state index in [-0.39, 0.29) is 11.2 Å². The number of rotatable bonds is 4. The molecule has 0 aliphatic carbocycles. The van der Waals surface area contributed by atoms with Gasteiger partial charge in [0.1, 0.15) is 16.7 Å². The summed E-state index contributed by atoms with van der Waals surface area (Å²) in [5, 5.41) is -0.471. The van der Waals surface area contributed by atoms with E-state index in [9.17, 15) is 21.6 Å². The summed E-state index contributed by atoms with van der Waals surface area (Å²) in [6.45, 7) is 2.07. The van der Waals surface area contributed by atoms with Crippen molar-refractivity contribution >= 4 is 33.1 Å². The summed E-state index contributed by atoms with van der Waals surface area (Å²) in [4.78, 5) is 6.16. The Balaban J connectivity index is 1.67. The molecule has 4 rings (SSSR count). The molecule has 11 heteroatoms. The van der Waals surface area contributed by atoms with Crippen LogP contribution in [-0.2, 0) is 10.0 Å². The minimum absolute atomic E-state index is 0.0639. The number of benzene rings is 1. The van der Waals surface area contributed by atoms with Crippen molar-refractivity contribution in [2.75, 3.05) is 36.3 Å². The number of anilines is 2. The Hall–Kier alpha value is -2.04. The molecular weight excluding hydrogens is 441 g/mol. The first-order valence-corrected chi connectivity index (χ1v) is 11.3. The second-order valence-corrected chi connectivity index (χ2v) is 9.70. The lowest BCUT2D eigenvalue weighted by Gasteiger charge is -2.32. The van der Waals surface area contributed by atoms with E-state index >= 15 is 0 Å². The molecule has 0 radical (unpaired) electrons. The van der Waals surface area contributed by atoms with Crippen LogP contribution in [0, 0.1) is 17.6 Å². The van der Waals surface area contributed by atoms with Crippen LogP contribution in [0.25, 0.3) is 0 Å². The van der Waals surface area contributed by atoms with E-state index in [1.165, 1.54) is 6.07 Å². The zero-order valence-electron chi connectivity index (χ0n) is 16.1. The van der Waals surface area contributed by atoms with Gasteiger partial charge < -0.3 is 4.90 Å².